The average Bonchev–Trinajstić information content (AvgIpc) is 1.87. The molecule has 1 atom stereocenters. The summed E-state index contributed by atoms with van der Waals surface area (Å²) in [6.07, 6.45) is 0. The van der Waals surface area contributed by atoms with Crippen molar-refractivity contribution in [2.45, 2.75) is 4.71 Å². The first-order valence-corrected chi connectivity index (χ1v) is 3.37. The molecule has 0 radical (unpaired) electrons. The van der Waals surface area contributed by atoms with E-state index in [2.05, 4.69) is 4.83 Å². The molecule has 1 saturated heterocycles. The van der Waals surface area contributed by atoms with Gasteiger partial charge in [-0.3, -0.25) is 0 Å². The number of alkyl halides is 1. The summed E-state index contributed by atoms with van der Waals surface area (Å²) in [6.45, 7) is 0.923. The Morgan fingerprint density at radius 1 is 2.00 bits per heavy atom. The molecule has 1 fully saturated rings. The summed E-state index contributed by atoms with van der Waals surface area (Å²) in [5.41, 5.74) is 0. The Morgan fingerprint density at radius 3 is 2.86 bits per heavy atom. The van der Waals surface area contributed by atoms with Crippen LogP contribution in [0.25, 0.3) is 0 Å². The third kappa shape index (κ3) is 1.49. The normalized spacial score (nSPS) is 34.3. The van der Waals surface area contributed by atoms with Crippen LogP contribution in [0.2, 0.25) is 0 Å². The van der Waals surface area contributed by atoms with Gasteiger partial charge in [-0.15, -0.1) is 11.6 Å². The molecule has 1 heterocycles. The van der Waals surface area contributed by atoms with E-state index in [1.54, 1.807) is 11.9 Å². The Kier molecular flexibility index (Phi) is 1.80. The van der Waals surface area contributed by atoms with Gasteiger partial charge in [0, 0.05) is 13.6 Å². The molecule has 1 N–H and O–H groups in total. The van der Waals surface area contributed by atoms with Gasteiger partial charge in [0.2, 0.25) is 0 Å². The lowest BCUT2D eigenvalue weighted by Crippen LogP contribution is -2.22. The van der Waals surface area contributed by atoms with Crippen molar-refractivity contribution in [2.24, 2.45) is 0 Å². The molecule has 0 bridgehead atoms. The Balaban J connectivity index is 2.26. The van der Waals surface area contributed by atoms with E-state index in [9.17, 15) is 0 Å². The molecule has 2 nitrogen and oxygen atoms in total. The first-order chi connectivity index (χ1) is 3.29. The SMILES string of the molecule is CN1CC(Cl)SN1. The van der Waals surface area contributed by atoms with E-state index in [0.717, 1.165) is 6.54 Å². The van der Waals surface area contributed by atoms with E-state index in [-0.39, 0.29) is 4.71 Å². The first-order valence-electron chi connectivity index (χ1n) is 2.05. The summed E-state index contributed by atoms with van der Waals surface area (Å²) in [5.74, 6) is 0. The maximum Gasteiger partial charge on any atom is 0.109 e. The second-order valence-electron chi connectivity index (χ2n) is 1.50. The van der Waals surface area contributed by atoms with Crippen LogP contribution in [0.3, 0.4) is 0 Å². The van der Waals surface area contributed by atoms with Gasteiger partial charge in [-0.1, -0.05) is 0 Å². The highest BCUT2D eigenvalue weighted by atomic mass is 35.5. The molecule has 1 rings (SSSR count). The van der Waals surface area contributed by atoms with E-state index < -0.39 is 0 Å². The van der Waals surface area contributed by atoms with Crippen molar-refractivity contribution < 1.29 is 0 Å². The van der Waals surface area contributed by atoms with Gasteiger partial charge in [0.25, 0.3) is 0 Å². The third-order valence-electron chi connectivity index (χ3n) is 0.754. The summed E-state index contributed by atoms with van der Waals surface area (Å²) in [5, 5.41) is 1.96. The zero-order chi connectivity index (χ0) is 5.28. The highest BCUT2D eigenvalue weighted by Gasteiger charge is 2.15. The Hall–Kier alpha value is 0.560. The van der Waals surface area contributed by atoms with E-state index in [1.807, 2.05) is 12.1 Å². The molecule has 0 amide bonds. The van der Waals surface area contributed by atoms with Crippen molar-refractivity contribution in [3.8, 4) is 0 Å². The summed E-state index contributed by atoms with van der Waals surface area (Å²) in [4.78, 5) is 2.99. The van der Waals surface area contributed by atoms with Crippen molar-refractivity contribution in [2.75, 3.05) is 13.6 Å². The van der Waals surface area contributed by atoms with Crippen molar-refractivity contribution in [1.29, 1.82) is 0 Å². The molecule has 4 heteroatoms. The molecule has 0 aliphatic carbocycles. The molecule has 0 saturated carbocycles. The van der Waals surface area contributed by atoms with Gasteiger partial charge >= 0.3 is 0 Å². The number of nitrogens with one attached hydrogen (secondary N) is 1. The van der Waals surface area contributed by atoms with Gasteiger partial charge in [0.15, 0.2) is 0 Å². The number of rotatable bonds is 0. The van der Waals surface area contributed by atoms with E-state index >= 15 is 0 Å². The number of hydrogen-bond donors (Lipinski definition) is 1. The molecule has 7 heavy (non-hydrogen) atoms. The first kappa shape index (κ1) is 5.69. The molecule has 42 valence electrons. The van der Waals surface area contributed by atoms with Crippen molar-refractivity contribution in [3.05, 3.63) is 0 Å². The summed E-state index contributed by atoms with van der Waals surface area (Å²) in [6, 6.07) is 0. The number of hydrogen-bond acceptors (Lipinski definition) is 3. The minimum absolute atomic E-state index is 0.227. The lowest BCUT2D eigenvalue weighted by atomic mass is 10.7. The van der Waals surface area contributed by atoms with Crippen LogP contribution < -0.4 is 4.83 Å². The average molecular weight is 139 g/mol. The third-order valence-corrected chi connectivity index (χ3v) is 1.98. The van der Waals surface area contributed by atoms with E-state index in [4.69, 9.17) is 11.6 Å². The minimum atomic E-state index is 0.227. The maximum absolute atomic E-state index is 5.67. The molecule has 0 aromatic carbocycles. The predicted molar refractivity (Wildman–Crippen MR) is 33.0 cm³/mol. The maximum atomic E-state index is 5.67. The van der Waals surface area contributed by atoms with Gasteiger partial charge in [-0.25, -0.2) is 5.01 Å². The lowest BCUT2D eigenvalue weighted by Gasteiger charge is -2.01. The van der Waals surface area contributed by atoms with Crippen molar-refractivity contribution >= 4 is 23.5 Å². The van der Waals surface area contributed by atoms with Crippen LogP contribution in [0.4, 0.5) is 0 Å². The molecule has 0 aromatic heterocycles. The summed E-state index contributed by atoms with van der Waals surface area (Å²) >= 11 is 7.21. The fraction of sp³-hybridized carbons (Fsp3) is 1.00. The van der Waals surface area contributed by atoms with Gasteiger partial charge in [-0.05, 0) is 11.9 Å². The zero-order valence-electron chi connectivity index (χ0n) is 4.02. The van der Waals surface area contributed by atoms with Crippen molar-refractivity contribution in [1.82, 2.24) is 9.84 Å². The van der Waals surface area contributed by atoms with Crippen molar-refractivity contribution in [3.63, 3.8) is 0 Å². The molecular weight excluding hydrogens is 132 g/mol. The largest absolute Gasteiger partial charge is 0.235 e. The number of nitrogens with zero attached hydrogens (tertiary/aromatic N) is 1. The van der Waals surface area contributed by atoms with Crippen LogP contribution >= 0.6 is 23.5 Å². The molecule has 0 aromatic rings. The molecule has 1 aliphatic heterocycles. The second-order valence-corrected chi connectivity index (χ2v) is 3.27. The molecule has 1 aliphatic rings. The van der Waals surface area contributed by atoms with Gasteiger partial charge in [0.1, 0.15) is 4.71 Å². The fourth-order valence-corrected chi connectivity index (χ4v) is 1.43. The molecule has 0 spiro atoms. The fourth-order valence-electron chi connectivity index (χ4n) is 0.437. The quantitative estimate of drug-likeness (QED) is 0.391. The number of halogens is 1. The van der Waals surface area contributed by atoms with Gasteiger partial charge < -0.3 is 0 Å². The van der Waals surface area contributed by atoms with Gasteiger partial charge in [-0.2, -0.15) is 4.83 Å². The van der Waals surface area contributed by atoms with Gasteiger partial charge in [0.05, 0.1) is 0 Å². The summed E-state index contributed by atoms with van der Waals surface area (Å²) < 4.78 is 0.227. The summed E-state index contributed by atoms with van der Waals surface area (Å²) in [7, 11) is 1.97. The minimum Gasteiger partial charge on any atom is -0.235 e. The van der Waals surface area contributed by atoms with Crippen LogP contribution in [0.1, 0.15) is 0 Å². The van der Waals surface area contributed by atoms with Crippen LogP contribution in [0.15, 0.2) is 0 Å². The highest BCUT2D eigenvalue weighted by molar-refractivity contribution is 7.99. The second kappa shape index (κ2) is 2.22. The highest BCUT2D eigenvalue weighted by Crippen LogP contribution is 2.17. The zero-order valence-corrected chi connectivity index (χ0v) is 5.59. The molecular formula is C3H7ClN2S. The number of hydrazine groups is 1. The monoisotopic (exact) mass is 138 g/mol. The van der Waals surface area contributed by atoms with E-state index in [0.29, 0.717) is 0 Å². The van der Waals surface area contributed by atoms with Crippen LogP contribution in [0, 0.1) is 0 Å². The predicted octanol–water partition coefficient (Wildman–Crippen LogP) is 0.649. The Morgan fingerprint density at radius 2 is 2.71 bits per heavy atom. The Bertz CT molecular complexity index is 62.0. The standard InChI is InChI=1S/C3H7ClN2S/c1-6-2-3(4)7-5-6/h3,5H,2H2,1H3. The lowest BCUT2D eigenvalue weighted by molar-refractivity contribution is 0.348. The van der Waals surface area contributed by atoms with E-state index in [1.165, 1.54) is 0 Å². The topological polar surface area (TPSA) is 15.3 Å². The van der Waals surface area contributed by atoms with Crippen LogP contribution in [-0.2, 0) is 0 Å². The Labute approximate surface area is 52.3 Å². The van der Waals surface area contributed by atoms with Crippen LogP contribution in [-0.4, -0.2) is 23.3 Å². The smallest absolute Gasteiger partial charge is 0.109 e. The van der Waals surface area contributed by atoms with Crippen LogP contribution in [0.5, 0.6) is 0 Å². The molecule has 1 unspecified atom stereocenters.